The van der Waals surface area contributed by atoms with Crippen LogP contribution in [0.15, 0.2) is 51.4 Å². The second kappa shape index (κ2) is 7.40. The molecule has 26 heavy (non-hydrogen) atoms. The maximum Gasteiger partial charge on any atom is 0.261 e. The molecule has 1 atom stereocenters. The Morgan fingerprint density at radius 3 is 2.92 bits per heavy atom. The summed E-state index contributed by atoms with van der Waals surface area (Å²) in [5.74, 6) is 1.48. The van der Waals surface area contributed by atoms with Gasteiger partial charge in [-0.1, -0.05) is 28.1 Å². The largest absolute Gasteiger partial charge is 0.483 e. The van der Waals surface area contributed by atoms with Crippen LogP contribution in [-0.4, -0.2) is 33.9 Å². The normalized spacial score (nSPS) is 17.0. The monoisotopic (exact) mass is 477 g/mol. The average Bonchev–Trinajstić information content (AvgIpc) is 3.27. The van der Waals surface area contributed by atoms with Crippen LogP contribution in [0.3, 0.4) is 0 Å². The van der Waals surface area contributed by atoms with E-state index in [4.69, 9.17) is 4.74 Å². The molecule has 5 nitrogen and oxygen atoms in total. The van der Waals surface area contributed by atoms with Gasteiger partial charge in [0.2, 0.25) is 0 Å². The van der Waals surface area contributed by atoms with E-state index in [1.807, 2.05) is 47.4 Å². The number of nitrogens with one attached hydrogen (secondary N) is 1. The van der Waals surface area contributed by atoms with Gasteiger partial charge in [0.1, 0.15) is 11.6 Å². The number of hydrogen-bond acceptors (Lipinski definition) is 3. The quantitative estimate of drug-likeness (QED) is 0.584. The number of carbonyl (C=O) groups excluding carboxylic acids is 1. The fourth-order valence-electron chi connectivity index (χ4n) is 3.29. The topological polar surface area (TPSA) is 58.2 Å². The van der Waals surface area contributed by atoms with E-state index in [1.165, 1.54) is 0 Å². The second-order valence-corrected chi connectivity index (χ2v) is 8.02. The number of rotatable bonds is 4. The summed E-state index contributed by atoms with van der Waals surface area (Å²) < 4.78 is 7.49. The smallest absolute Gasteiger partial charge is 0.261 e. The van der Waals surface area contributed by atoms with Crippen LogP contribution >= 0.6 is 31.9 Å². The lowest BCUT2D eigenvalue weighted by atomic mass is 10.2. The molecule has 1 amide bonds. The van der Waals surface area contributed by atoms with Crippen LogP contribution in [0.2, 0.25) is 0 Å². The number of fused-ring (bicyclic) bond motifs is 1. The summed E-state index contributed by atoms with van der Waals surface area (Å²) in [5.41, 5.74) is 1.92. The van der Waals surface area contributed by atoms with Crippen molar-refractivity contribution < 1.29 is 9.53 Å². The minimum atomic E-state index is -0.0252. The summed E-state index contributed by atoms with van der Waals surface area (Å²) in [4.78, 5) is 22.6. The fraction of sp³-hybridized carbons (Fsp3) is 0.263. The molecule has 0 bridgehead atoms. The summed E-state index contributed by atoms with van der Waals surface area (Å²) >= 11 is 6.86. The highest BCUT2D eigenvalue weighted by Crippen LogP contribution is 2.32. The molecule has 0 unspecified atom stereocenters. The Labute approximate surface area is 168 Å². The third-order valence-corrected chi connectivity index (χ3v) is 5.65. The third kappa shape index (κ3) is 3.50. The van der Waals surface area contributed by atoms with Gasteiger partial charge in [-0.2, -0.15) is 0 Å². The molecule has 0 spiro atoms. The summed E-state index contributed by atoms with van der Waals surface area (Å²) in [6.07, 6.45) is 1.88. The lowest BCUT2D eigenvalue weighted by Gasteiger charge is -2.23. The molecule has 1 fully saturated rings. The number of likely N-dealkylation sites (tertiary alicyclic amines) is 1. The molecule has 134 valence electrons. The molecule has 0 saturated carbocycles. The summed E-state index contributed by atoms with van der Waals surface area (Å²) in [6.45, 7) is 0.738. The minimum Gasteiger partial charge on any atom is -0.483 e. The van der Waals surface area contributed by atoms with Gasteiger partial charge in [-0.05, 0) is 59.1 Å². The van der Waals surface area contributed by atoms with Gasteiger partial charge < -0.3 is 14.6 Å². The lowest BCUT2D eigenvalue weighted by Crippen LogP contribution is -2.34. The number of aromatic nitrogens is 2. The van der Waals surface area contributed by atoms with Crippen molar-refractivity contribution in [2.45, 2.75) is 18.9 Å². The number of amides is 1. The molecule has 7 heteroatoms. The average molecular weight is 479 g/mol. The Morgan fingerprint density at radius 1 is 1.27 bits per heavy atom. The zero-order valence-electron chi connectivity index (χ0n) is 13.9. The Hall–Kier alpha value is -1.86. The van der Waals surface area contributed by atoms with Crippen LogP contribution in [0.4, 0.5) is 0 Å². The summed E-state index contributed by atoms with van der Waals surface area (Å²) in [7, 11) is 0. The van der Waals surface area contributed by atoms with Gasteiger partial charge in [-0.15, -0.1) is 0 Å². The zero-order chi connectivity index (χ0) is 18.1. The first-order chi connectivity index (χ1) is 12.6. The van der Waals surface area contributed by atoms with Crippen LogP contribution in [0.1, 0.15) is 24.7 Å². The first-order valence-corrected chi connectivity index (χ1v) is 10.0. The van der Waals surface area contributed by atoms with Crippen LogP contribution in [0, 0.1) is 0 Å². The number of hydrogen-bond donors (Lipinski definition) is 1. The van der Waals surface area contributed by atoms with Crippen LogP contribution in [-0.2, 0) is 4.79 Å². The van der Waals surface area contributed by atoms with Gasteiger partial charge in [-0.25, -0.2) is 4.98 Å². The maximum absolute atomic E-state index is 12.7. The highest BCUT2D eigenvalue weighted by Gasteiger charge is 2.32. The van der Waals surface area contributed by atoms with Gasteiger partial charge in [0.05, 0.1) is 21.5 Å². The van der Waals surface area contributed by atoms with Crippen LogP contribution < -0.4 is 4.74 Å². The molecule has 4 rings (SSSR count). The van der Waals surface area contributed by atoms with E-state index in [-0.39, 0.29) is 18.6 Å². The van der Waals surface area contributed by atoms with E-state index in [0.717, 1.165) is 45.2 Å². The lowest BCUT2D eigenvalue weighted by molar-refractivity contribution is -0.134. The van der Waals surface area contributed by atoms with Gasteiger partial charge in [-0.3, -0.25) is 4.79 Å². The number of carbonyl (C=O) groups is 1. The molecule has 1 aliphatic heterocycles. The van der Waals surface area contributed by atoms with E-state index < -0.39 is 0 Å². The highest BCUT2D eigenvalue weighted by atomic mass is 79.9. The molecule has 1 aromatic heterocycles. The predicted octanol–water partition coefficient (Wildman–Crippen LogP) is 4.83. The Kier molecular flexibility index (Phi) is 5.00. The van der Waals surface area contributed by atoms with Crippen molar-refractivity contribution >= 4 is 48.8 Å². The number of para-hydroxylation sites is 2. The Balaban J connectivity index is 1.48. The first-order valence-electron chi connectivity index (χ1n) is 8.44. The van der Waals surface area contributed by atoms with Gasteiger partial charge in [0, 0.05) is 11.0 Å². The predicted molar refractivity (Wildman–Crippen MR) is 107 cm³/mol. The van der Waals surface area contributed by atoms with Gasteiger partial charge >= 0.3 is 0 Å². The van der Waals surface area contributed by atoms with Crippen molar-refractivity contribution in [2.24, 2.45) is 0 Å². The van der Waals surface area contributed by atoms with Crippen LogP contribution in [0.25, 0.3) is 11.0 Å². The van der Waals surface area contributed by atoms with Crippen molar-refractivity contribution in [3.05, 3.63) is 57.2 Å². The van der Waals surface area contributed by atoms with Crippen molar-refractivity contribution in [1.29, 1.82) is 0 Å². The van der Waals surface area contributed by atoms with E-state index in [9.17, 15) is 4.79 Å². The van der Waals surface area contributed by atoms with E-state index in [1.54, 1.807) is 0 Å². The molecule has 2 heterocycles. The number of H-pyrrole nitrogens is 1. The number of aromatic amines is 1. The van der Waals surface area contributed by atoms with E-state index in [0.29, 0.717) is 5.75 Å². The number of benzene rings is 2. The molecule has 0 radical (unpaired) electrons. The SMILES string of the molecule is O=C(COc1ccc(Br)cc1Br)N1CCC[C@H]1c1nc2ccccc2[nH]1. The Morgan fingerprint density at radius 2 is 2.12 bits per heavy atom. The number of imidazole rings is 1. The van der Waals surface area contributed by atoms with Crippen molar-refractivity contribution in [1.82, 2.24) is 14.9 Å². The first kappa shape index (κ1) is 17.5. The molecule has 1 N–H and O–H groups in total. The van der Waals surface area contributed by atoms with Gasteiger partial charge in [0.15, 0.2) is 6.61 Å². The summed E-state index contributed by atoms with van der Waals surface area (Å²) in [5, 5.41) is 0. The molecule has 3 aromatic rings. The highest BCUT2D eigenvalue weighted by molar-refractivity contribution is 9.11. The standard InChI is InChI=1S/C19H17Br2N3O2/c20-12-7-8-17(13(21)10-12)26-11-18(25)24-9-3-6-16(24)19-22-14-4-1-2-5-15(14)23-19/h1-2,4-5,7-8,10,16H,3,6,9,11H2,(H,22,23)/t16-/m0/s1. The minimum absolute atomic E-state index is 0.0109. The molecule has 1 aliphatic rings. The molecular formula is C19H17Br2N3O2. The zero-order valence-corrected chi connectivity index (χ0v) is 17.1. The summed E-state index contributed by atoms with van der Waals surface area (Å²) in [6, 6.07) is 13.5. The second-order valence-electron chi connectivity index (χ2n) is 6.25. The number of nitrogens with zero attached hydrogens (tertiary/aromatic N) is 2. The van der Waals surface area contributed by atoms with Crippen molar-refractivity contribution in [3.63, 3.8) is 0 Å². The maximum atomic E-state index is 12.7. The van der Waals surface area contributed by atoms with E-state index in [2.05, 4.69) is 41.8 Å². The molecule has 2 aromatic carbocycles. The van der Waals surface area contributed by atoms with Crippen LogP contribution in [0.5, 0.6) is 5.75 Å². The third-order valence-electron chi connectivity index (χ3n) is 4.54. The van der Waals surface area contributed by atoms with E-state index >= 15 is 0 Å². The van der Waals surface area contributed by atoms with Crippen molar-refractivity contribution in [3.8, 4) is 5.75 Å². The molecular weight excluding hydrogens is 462 g/mol. The molecule has 1 saturated heterocycles. The number of halogens is 2. The Bertz CT molecular complexity index is 924. The molecule has 0 aliphatic carbocycles. The number of ether oxygens (including phenoxy) is 1. The fourth-order valence-corrected chi connectivity index (χ4v) is 4.46. The van der Waals surface area contributed by atoms with Gasteiger partial charge in [0.25, 0.3) is 5.91 Å². The van der Waals surface area contributed by atoms with Crippen molar-refractivity contribution in [2.75, 3.05) is 13.2 Å².